The summed E-state index contributed by atoms with van der Waals surface area (Å²) >= 11 is 0. The molecule has 0 bridgehead atoms. The lowest BCUT2D eigenvalue weighted by molar-refractivity contribution is 0.0672. The number of piperazine rings is 1. The summed E-state index contributed by atoms with van der Waals surface area (Å²) in [5, 5.41) is 3.42. The number of nitrogens with one attached hydrogen (secondary N) is 1. The molecule has 18 heavy (non-hydrogen) atoms. The molecule has 2 atom stereocenters. The molecule has 5 heteroatoms. The van der Waals surface area contributed by atoms with Gasteiger partial charge in [-0.05, 0) is 33.8 Å². The van der Waals surface area contributed by atoms with Crippen molar-refractivity contribution in [1.29, 1.82) is 0 Å². The van der Waals surface area contributed by atoms with E-state index < -0.39 is 0 Å². The van der Waals surface area contributed by atoms with E-state index in [0.29, 0.717) is 23.4 Å². The average molecular weight is 273 g/mol. The highest BCUT2D eigenvalue weighted by molar-refractivity contribution is 5.95. The molecule has 0 aromatic carbocycles. The van der Waals surface area contributed by atoms with Crippen molar-refractivity contribution < 1.29 is 9.21 Å². The molecule has 0 aliphatic carbocycles. The van der Waals surface area contributed by atoms with Gasteiger partial charge in [0, 0.05) is 25.2 Å². The number of carbonyl (C=O) groups excluding carboxylic acids is 1. The summed E-state index contributed by atoms with van der Waals surface area (Å²) in [5.41, 5.74) is 0.698. The number of rotatable bonds is 1. The van der Waals surface area contributed by atoms with Gasteiger partial charge in [0.05, 0.1) is 5.56 Å². The molecule has 1 aliphatic rings. The molecule has 1 aromatic heterocycles. The van der Waals surface area contributed by atoms with Crippen LogP contribution in [0.15, 0.2) is 10.5 Å². The van der Waals surface area contributed by atoms with Crippen molar-refractivity contribution >= 4 is 18.3 Å². The Morgan fingerprint density at radius 2 is 1.89 bits per heavy atom. The second kappa shape index (κ2) is 5.76. The van der Waals surface area contributed by atoms with Gasteiger partial charge in [0.2, 0.25) is 0 Å². The Kier molecular flexibility index (Phi) is 4.82. The molecule has 1 fully saturated rings. The lowest BCUT2D eigenvalue weighted by atomic mass is 10.1. The van der Waals surface area contributed by atoms with Crippen LogP contribution < -0.4 is 5.32 Å². The molecule has 2 unspecified atom stereocenters. The minimum absolute atomic E-state index is 0. The molecule has 1 saturated heterocycles. The molecule has 1 N–H and O–H groups in total. The molecule has 0 spiro atoms. The molecular weight excluding hydrogens is 252 g/mol. The Bertz CT molecular complexity index is 421. The van der Waals surface area contributed by atoms with Crippen molar-refractivity contribution in [1.82, 2.24) is 10.2 Å². The summed E-state index contributed by atoms with van der Waals surface area (Å²) in [6.07, 6.45) is 0. The molecule has 2 rings (SSSR count). The first-order valence-electron chi connectivity index (χ1n) is 6.09. The van der Waals surface area contributed by atoms with Crippen LogP contribution in [-0.4, -0.2) is 36.0 Å². The quantitative estimate of drug-likeness (QED) is 0.852. The summed E-state index contributed by atoms with van der Waals surface area (Å²) in [5.74, 6) is 1.59. The zero-order chi connectivity index (χ0) is 12.6. The van der Waals surface area contributed by atoms with E-state index >= 15 is 0 Å². The van der Waals surface area contributed by atoms with E-state index in [2.05, 4.69) is 19.2 Å². The molecule has 2 heterocycles. The monoisotopic (exact) mass is 272 g/mol. The molecular formula is C13H21ClN2O2. The van der Waals surface area contributed by atoms with E-state index in [1.807, 2.05) is 24.8 Å². The van der Waals surface area contributed by atoms with Crippen molar-refractivity contribution in [2.24, 2.45) is 0 Å². The van der Waals surface area contributed by atoms with Gasteiger partial charge in [-0.15, -0.1) is 12.4 Å². The van der Waals surface area contributed by atoms with Crippen LogP contribution in [0.5, 0.6) is 0 Å². The van der Waals surface area contributed by atoms with Gasteiger partial charge in [-0.25, -0.2) is 0 Å². The number of halogens is 1. The Morgan fingerprint density at radius 3 is 2.33 bits per heavy atom. The molecule has 0 saturated carbocycles. The topological polar surface area (TPSA) is 45.5 Å². The second-order valence-corrected chi connectivity index (χ2v) is 5.01. The number of carbonyl (C=O) groups is 1. The van der Waals surface area contributed by atoms with Crippen LogP contribution in [0, 0.1) is 13.8 Å². The first kappa shape index (κ1) is 15.1. The SMILES string of the molecule is Cc1cc(C(=O)N2CC(C)NC(C)C2)c(C)o1.Cl. The number of aryl methyl sites for hydroxylation is 2. The normalized spacial score (nSPS) is 23.7. The molecule has 1 amide bonds. The minimum atomic E-state index is 0. The standard InChI is InChI=1S/C13H20N2O2.ClH/c1-8-6-15(7-9(2)14-8)13(16)12-5-10(3)17-11(12)4;/h5,8-9,14H,6-7H2,1-4H3;1H. The number of amides is 1. The van der Waals surface area contributed by atoms with Gasteiger partial charge < -0.3 is 14.6 Å². The van der Waals surface area contributed by atoms with E-state index in [-0.39, 0.29) is 18.3 Å². The van der Waals surface area contributed by atoms with Gasteiger partial charge in [-0.2, -0.15) is 0 Å². The molecule has 4 nitrogen and oxygen atoms in total. The number of hydrogen-bond acceptors (Lipinski definition) is 3. The van der Waals surface area contributed by atoms with Crippen LogP contribution in [0.2, 0.25) is 0 Å². The molecule has 1 aliphatic heterocycles. The first-order chi connectivity index (χ1) is 7.97. The first-order valence-corrected chi connectivity index (χ1v) is 6.09. The zero-order valence-corrected chi connectivity index (χ0v) is 12.1. The third kappa shape index (κ3) is 3.06. The summed E-state index contributed by atoms with van der Waals surface area (Å²) in [7, 11) is 0. The van der Waals surface area contributed by atoms with Crippen LogP contribution in [-0.2, 0) is 0 Å². The zero-order valence-electron chi connectivity index (χ0n) is 11.3. The predicted octanol–water partition coefficient (Wildman–Crippen LogP) is 2.14. The van der Waals surface area contributed by atoms with Gasteiger partial charge in [0.25, 0.3) is 5.91 Å². The Labute approximate surface area is 114 Å². The lowest BCUT2D eigenvalue weighted by Gasteiger charge is -2.36. The summed E-state index contributed by atoms with van der Waals surface area (Å²) < 4.78 is 5.42. The van der Waals surface area contributed by atoms with Gasteiger partial charge in [0.15, 0.2) is 0 Å². The summed E-state index contributed by atoms with van der Waals surface area (Å²) in [6.45, 7) is 9.43. The van der Waals surface area contributed by atoms with Crippen molar-refractivity contribution in [2.75, 3.05) is 13.1 Å². The average Bonchev–Trinajstić information content (AvgIpc) is 2.55. The van der Waals surface area contributed by atoms with Gasteiger partial charge in [-0.1, -0.05) is 0 Å². The maximum Gasteiger partial charge on any atom is 0.257 e. The van der Waals surface area contributed by atoms with Crippen LogP contribution in [0.1, 0.15) is 35.7 Å². The van der Waals surface area contributed by atoms with Gasteiger partial charge in [-0.3, -0.25) is 4.79 Å². The van der Waals surface area contributed by atoms with Gasteiger partial charge in [0.1, 0.15) is 11.5 Å². The van der Waals surface area contributed by atoms with Crippen molar-refractivity contribution in [3.8, 4) is 0 Å². The molecule has 1 aromatic rings. The van der Waals surface area contributed by atoms with Crippen LogP contribution in [0.25, 0.3) is 0 Å². The van der Waals surface area contributed by atoms with Crippen molar-refractivity contribution in [3.05, 3.63) is 23.2 Å². The highest BCUT2D eigenvalue weighted by Crippen LogP contribution is 2.17. The largest absolute Gasteiger partial charge is 0.466 e. The van der Waals surface area contributed by atoms with Crippen LogP contribution >= 0.6 is 12.4 Å². The Hall–Kier alpha value is -1.000. The summed E-state index contributed by atoms with van der Waals surface area (Å²) in [6, 6.07) is 2.52. The Morgan fingerprint density at radius 1 is 1.33 bits per heavy atom. The predicted molar refractivity (Wildman–Crippen MR) is 73.4 cm³/mol. The van der Waals surface area contributed by atoms with E-state index in [9.17, 15) is 4.79 Å². The fourth-order valence-electron chi connectivity index (χ4n) is 2.51. The smallest absolute Gasteiger partial charge is 0.257 e. The van der Waals surface area contributed by atoms with E-state index in [1.54, 1.807) is 0 Å². The number of nitrogens with zero attached hydrogens (tertiary/aromatic N) is 1. The number of hydrogen-bond donors (Lipinski definition) is 1. The highest BCUT2D eigenvalue weighted by atomic mass is 35.5. The van der Waals surface area contributed by atoms with Crippen LogP contribution in [0.4, 0.5) is 0 Å². The van der Waals surface area contributed by atoms with E-state index in [1.165, 1.54) is 0 Å². The third-order valence-electron chi connectivity index (χ3n) is 3.12. The minimum Gasteiger partial charge on any atom is -0.466 e. The second-order valence-electron chi connectivity index (χ2n) is 5.01. The summed E-state index contributed by atoms with van der Waals surface area (Å²) in [4.78, 5) is 14.3. The fraction of sp³-hybridized carbons (Fsp3) is 0.615. The van der Waals surface area contributed by atoms with E-state index in [0.717, 1.165) is 18.8 Å². The van der Waals surface area contributed by atoms with Crippen molar-refractivity contribution in [3.63, 3.8) is 0 Å². The maximum absolute atomic E-state index is 12.4. The Balaban J connectivity index is 0.00000162. The molecule has 102 valence electrons. The third-order valence-corrected chi connectivity index (χ3v) is 3.12. The van der Waals surface area contributed by atoms with Crippen LogP contribution in [0.3, 0.4) is 0 Å². The lowest BCUT2D eigenvalue weighted by Crippen LogP contribution is -2.55. The fourth-order valence-corrected chi connectivity index (χ4v) is 2.51. The van der Waals surface area contributed by atoms with Gasteiger partial charge >= 0.3 is 0 Å². The maximum atomic E-state index is 12.4. The highest BCUT2D eigenvalue weighted by Gasteiger charge is 2.27. The van der Waals surface area contributed by atoms with E-state index in [4.69, 9.17) is 4.42 Å². The number of furan rings is 1. The molecule has 0 radical (unpaired) electrons. The van der Waals surface area contributed by atoms with Crippen molar-refractivity contribution in [2.45, 2.75) is 39.8 Å².